The standard InChI is InChI=1S/C45H77O16P/c1-3-5-7-8-9-10-11-12-13-14-15-16-22-26-39(50)60-33-30-58-38(49)25-21-18-17-20-24-34-36(47)29-37(48)35(28-27-32(46)23-19-6-4-2)41(52)43(54)45(44(55)42(53)40(34)51)61-62(56,57)59-31-33/h7-8,10-11,27-28,32-35,37,40-46,48,51-55H,3-6,9,12-26,29-31H2,1-2H3,(H,56,57)/b8-7-,11-10-,28-27?/t32-,33+,34-,35-,37+,40+,41+,42-,43+,44+,45+/m0/s1. The third-order valence-corrected chi connectivity index (χ3v) is 12.3. The summed E-state index contributed by atoms with van der Waals surface area (Å²) >= 11 is 0. The highest BCUT2D eigenvalue weighted by molar-refractivity contribution is 7.47. The molecule has 1 saturated heterocycles. The van der Waals surface area contributed by atoms with Crippen LogP contribution in [0, 0.1) is 11.8 Å². The molecule has 0 amide bonds. The van der Waals surface area contributed by atoms with E-state index in [1.54, 1.807) is 0 Å². The molecule has 2 bridgehead atoms. The summed E-state index contributed by atoms with van der Waals surface area (Å²) in [4.78, 5) is 50.0. The first-order valence-electron chi connectivity index (χ1n) is 22.9. The van der Waals surface area contributed by atoms with Crippen LogP contribution in [0.3, 0.4) is 0 Å². The lowest BCUT2D eigenvalue weighted by atomic mass is 9.83. The number of hydrogen-bond donors (Lipinski definition) is 8. The third kappa shape index (κ3) is 22.0. The van der Waals surface area contributed by atoms with Gasteiger partial charge in [0.1, 0.15) is 36.8 Å². The second kappa shape index (κ2) is 31.5. The fourth-order valence-corrected chi connectivity index (χ4v) is 8.50. The van der Waals surface area contributed by atoms with Crippen LogP contribution in [0.1, 0.15) is 149 Å². The van der Waals surface area contributed by atoms with E-state index in [2.05, 4.69) is 31.2 Å². The van der Waals surface area contributed by atoms with E-state index in [0.717, 1.165) is 64.2 Å². The summed E-state index contributed by atoms with van der Waals surface area (Å²) in [6.07, 6.45) is 5.40. The SMILES string of the molecule is CCC/C=C\C/C=C\CCCCCCCC(=O)O[C@@H]1COC(=O)CCCCCC[C@H]2C(=O)C[C@@H](O)[C@H](C=C[C@@H](O)CCCCC)[C@@H](O)[C@@H](O)[C@@H](OP(=O)(O)OC1)[C@H](O)[C@@H](O)[C@@H]2O. The molecule has 2 fully saturated rings. The zero-order chi connectivity index (χ0) is 45.9. The number of allylic oxidation sites excluding steroid dienone is 4. The largest absolute Gasteiger partial charge is 0.472 e. The van der Waals surface area contributed by atoms with Crippen LogP contribution in [0.2, 0.25) is 0 Å². The quantitative estimate of drug-likeness (QED) is 0.0358. The number of ether oxygens (including phenoxy) is 2. The molecule has 12 atom stereocenters. The third-order valence-electron chi connectivity index (χ3n) is 11.3. The van der Waals surface area contributed by atoms with Gasteiger partial charge in [-0.1, -0.05) is 115 Å². The molecule has 17 heteroatoms. The van der Waals surface area contributed by atoms with Crippen molar-refractivity contribution in [2.75, 3.05) is 13.2 Å². The maximum atomic E-state index is 13.6. The Morgan fingerprint density at radius 1 is 0.790 bits per heavy atom. The van der Waals surface area contributed by atoms with Gasteiger partial charge in [0.15, 0.2) is 6.10 Å². The fraction of sp³-hybridized carbons (Fsp3) is 0.800. The molecule has 0 spiro atoms. The number of hydrogen-bond acceptors (Lipinski definition) is 15. The van der Waals surface area contributed by atoms with Crippen molar-refractivity contribution in [3.05, 3.63) is 36.5 Å². The molecule has 62 heavy (non-hydrogen) atoms. The maximum absolute atomic E-state index is 13.6. The second-order valence-corrected chi connectivity index (χ2v) is 18.1. The first-order valence-corrected chi connectivity index (χ1v) is 24.4. The molecule has 2 rings (SSSR count). The van der Waals surface area contributed by atoms with Crippen molar-refractivity contribution < 1.29 is 78.1 Å². The number of phosphoric acid groups is 1. The lowest BCUT2D eigenvalue weighted by Crippen LogP contribution is -2.55. The van der Waals surface area contributed by atoms with Crippen molar-refractivity contribution >= 4 is 25.5 Å². The van der Waals surface area contributed by atoms with Gasteiger partial charge in [-0.05, 0) is 51.4 Å². The Kier molecular flexibility index (Phi) is 28.4. The van der Waals surface area contributed by atoms with Crippen LogP contribution in [0.5, 0.6) is 0 Å². The number of cyclic esters (lactones) is 1. The van der Waals surface area contributed by atoms with E-state index in [9.17, 15) is 59.6 Å². The molecular formula is C45H77O16P. The maximum Gasteiger partial charge on any atom is 0.472 e. The number of aliphatic hydroxyl groups excluding tert-OH is 7. The van der Waals surface area contributed by atoms with Crippen LogP contribution in [0.4, 0.5) is 0 Å². The van der Waals surface area contributed by atoms with E-state index in [4.69, 9.17) is 18.5 Å². The predicted octanol–water partition coefficient (Wildman–Crippen LogP) is 5.20. The minimum Gasteiger partial charge on any atom is -0.462 e. The fourth-order valence-electron chi connectivity index (χ4n) is 7.53. The summed E-state index contributed by atoms with van der Waals surface area (Å²) in [6.45, 7) is 2.73. The topological polar surface area (TPSA) is 267 Å². The molecule has 1 saturated carbocycles. The predicted molar refractivity (Wildman–Crippen MR) is 231 cm³/mol. The summed E-state index contributed by atoms with van der Waals surface area (Å²) in [5.74, 6) is -4.92. The van der Waals surface area contributed by atoms with Gasteiger partial charge in [0.2, 0.25) is 0 Å². The van der Waals surface area contributed by atoms with Crippen molar-refractivity contribution in [3.63, 3.8) is 0 Å². The number of rotatable bonds is 19. The Balaban J connectivity index is 2.26. The molecule has 16 nitrogen and oxygen atoms in total. The number of unbranched alkanes of at least 4 members (excludes halogenated alkanes) is 8. The van der Waals surface area contributed by atoms with Crippen LogP contribution < -0.4 is 0 Å². The highest BCUT2D eigenvalue weighted by Crippen LogP contribution is 2.47. The Morgan fingerprint density at radius 3 is 2.19 bits per heavy atom. The van der Waals surface area contributed by atoms with Crippen LogP contribution in [0.25, 0.3) is 0 Å². The smallest absolute Gasteiger partial charge is 0.462 e. The average Bonchev–Trinajstić information content (AvgIpc) is 3.23. The molecule has 0 aromatic rings. The van der Waals surface area contributed by atoms with E-state index < -0.39 is 112 Å². The van der Waals surface area contributed by atoms with Crippen molar-refractivity contribution in [1.82, 2.24) is 0 Å². The van der Waals surface area contributed by atoms with Crippen LogP contribution in [-0.2, 0) is 37.5 Å². The normalized spacial score (nSPS) is 32.4. The Labute approximate surface area is 368 Å². The Morgan fingerprint density at radius 2 is 1.47 bits per heavy atom. The summed E-state index contributed by atoms with van der Waals surface area (Å²) in [6, 6.07) is 0. The summed E-state index contributed by atoms with van der Waals surface area (Å²) < 4.78 is 34.6. The van der Waals surface area contributed by atoms with E-state index in [1.165, 1.54) is 12.2 Å². The molecule has 1 aliphatic heterocycles. The van der Waals surface area contributed by atoms with Crippen molar-refractivity contribution in [2.24, 2.45) is 11.8 Å². The number of carbonyl (C=O) groups excluding carboxylic acids is 3. The molecular weight excluding hydrogens is 827 g/mol. The van der Waals surface area contributed by atoms with E-state index >= 15 is 0 Å². The van der Waals surface area contributed by atoms with Crippen molar-refractivity contribution in [3.8, 4) is 0 Å². The second-order valence-electron chi connectivity index (χ2n) is 16.7. The highest BCUT2D eigenvalue weighted by Gasteiger charge is 2.49. The van der Waals surface area contributed by atoms with Gasteiger partial charge in [-0.3, -0.25) is 23.4 Å². The van der Waals surface area contributed by atoms with Gasteiger partial charge in [-0.25, -0.2) is 4.57 Å². The number of aliphatic hydroxyl groups is 7. The molecule has 358 valence electrons. The molecule has 8 N–H and O–H groups in total. The number of phosphoric ester groups is 1. The monoisotopic (exact) mass is 904 g/mol. The molecule has 2 aliphatic rings. The average molecular weight is 905 g/mol. The molecule has 1 heterocycles. The first-order chi connectivity index (χ1) is 29.6. The first kappa shape index (κ1) is 55.8. The van der Waals surface area contributed by atoms with Crippen molar-refractivity contribution in [2.45, 2.75) is 204 Å². The lowest BCUT2D eigenvalue weighted by molar-refractivity contribution is -0.166. The molecule has 0 aromatic heterocycles. The van der Waals surface area contributed by atoms with E-state index in [1.807, 2.05) is 6.92 Å². The summed E-state index contributed by atoms with van der Waals surface area (Å²) in [5.41, 5.74) is 0. The Hall–Kier alpha value is -2.34. The summed E-state index contributed by atoms with van der Waals surface area (Å²) in [7, 11) is -5.45. The lowest BCUT2D eigenvalue weighted by Gasteiger charge is -2.36. The molecule has 1 aliphatic carbocycles. The van der Waals surface area contributed by atoms with E-state index in [0.29, 0.717) is 44.9 Å². The zero-order valence-electron chi connectivity index (χ0n) is 36.9. The van der Waals surface area contributed by atoms with Gasteiger partial charge < -0.3 is 50.1 Å². The Bertz CT molecular complexity index is 1410. The van der Waals surface area contributed by atoms with Gasteiger partial charge >= 0.3 is 19.8 Å². The summed E-state index contributed by atoms with van der Waals surface area (Å²) in [5, 5.41) is 78.6. The van der Waals surface area contributed by atoms with Crippen LogP contribution in [-0.4, -0.2) is 127 Å². The van der Waals surface area contributed by atoms with Crippen LogP contribution >= 0.6 is 7.82 Å². The van der Waals surface area contributed by atoms with Gasteiger partial charge in [0.25, 0.3) is 0 Å². The molecule has 0 aromatic carbocycles. The molecule has 1 unspecified atom stereocenters. The number of ketones is 1. The number of esters is 2. The van der Waals surface area contributed by atoms with Crippen molar-refractivity contribution in [1.29, 1.82) is 0 Å². The van der Waals surface area contributed by atoms with Gasteiger partial charge in [-0.15, -0.1) is 0 Å². The minimum absolute atomic E-state index is 0.0128. The van der Waals surface area contributed by atoms with Gasteiger partial charge in [0.05, 0.1) is 31.0 Å². The van der Waals surface area contributed by atoms with E-state index in [-0.39, 0.29) is 19.3 Å². The number of Topliss-reactive ketones (excluding diaryl/α,β-unsaturated/α-hetero) is 1. The molecule has 0 radical (unpaired) electrons. The van der Waals surface area contributed by atoms with Gasteiger partial charge in [-0.2, -0.15) is 0 Å². The van der Waals surface area contributed by atoms with Crippen LogP contribution in [0.15, 0.2) is 36.5 Å². The number of fused-ring (bicyclic) bond motifs is 4. The minimum atomic E-state index is -5.45. The highest BCUT2D eigenvalue weighted by atomic mass is 31.2. The van der Waals surface area contributed by atoms with Gasteiger partial charge in [0, 0.05) is 31.1 Å². The zero-order valence-corrected chi connectivity index (χ0v) is 37.8. The number of carbonyl (C=O) groups is 3.